The second-order valence-electron chi connectivity index (χ2n) is 8.10. The summed E-state index contributed by atoms with van der Waals surface area (Å²) < 4.78 is 10.2. The van der Waals surface area contributed by atoms with Crippen molar-refractivity contribution in [2.45, 2.75) is 117 Å². The maximum Gasteiger partial charge on any atom is 0.407 e. The Kier molecular flexibility index (Phi) is 18.2. The van der Waals surface area contributed by atoms with Gasteiger partial charge in [-0.15, -0.1) is 0 Å². The molecule has 0 fully saturated rings. The van der Waals surface area contributed by atoms with Crippen molar-refractivity contribution in [3.8, 4) is 0 Å². The third kappa shape index (κ3) is 16.9. The molecule has 1 N–H and O–H groups in total. The number of unbranched alkanes of at least 4 members (excludes halogenated alkanes) is 11. The predicted octanol–water partition coefficient (Wildman–Crippen LogP) is 6.39. The molecule has 0 bridgehead atoms. The van der Waals surface area contributed by atoms with Crippen LogP contribution in [0.4, 0.5) is 4.79 Å². The van der Waals surface area contributed by atoms with Crippen LogP contribution in [-0.4, -0.2) is 31.3 Å². The Hall–Kier alpha value is -1.26. The van der Waals surface area contributed by atoms with Crippen LogP contribution in [-0.2, 0) is 14.3 Å². The number of hydrogen-bond acceptors (Lipinski definition) is 4. The van der Waals surface area contributed by atoms with Crippen LogP contribution in [0.1, 0.15) is 111 Å². The maximum absolute atomic E-state index is 12.2. The minimum Gasteiger partial charge on any atom is -0.464 e. The standard InChI is InChI=1S/C23H45NO4/c1-5-7-8-9-10-11-12-13-14-15-16-17-18-28-22(25)21(19-20(3)4)24-23(26)27-6-2/h20-21H,5-19H2,1-4H3,(H,24,26)/t21-/m0/s1. The first kappa shape index (κ1) is 26.7. The second kappa shape index (κ2) is 19.1. The van der Waals surface area contributed by atoms with Crippen molar-refractivity contribution in [3.05, 3.63) is 0 Å². The molecule has 0 spiro atoms. The largest absolute Gasteiger partial charge is 0.464 e. The molecule has 0 rings (SSSR count). The Balaban J connectivity index is 3.70. The highest BCUT2D eigenvalue weighted by Gasteiger charge is 2.23. The summed E-state index contributed by atoms with van der Waals surface area (Å²) in [6.07, 6.45) is 15.3. The van der Waals surface area contributed by atoms with Crippen LogP contribution in [0.5, 0.6) is 0 Å². The highest BCUT2D eigenvalue weighted by Crippen LogP contribution is 2.12. The third-order valence-electron chi connectivity index (χ3n) is 4.80. The normalized spacial score (nSPS) is 12.0. The fourth-order valence-corrected chi connectivity index (χ4v) is 3.22. The van der Waals surface area contributed by atoms with Gasteiger partial charge in [-0.05, 0) is 25.7 Å². The molecule has 0 unspecified atom stereocenters. The molecule has 1 atom stereocenters. The molecule has 0 radical (unpaired) electrons. The van der Waals surface area contributed by atoms with Gasteiger partial charge in [0.1, 0.15) is 6.04 Å². The van der Waals surface area contributed by atoms with E-state index in [0.29, 0.717) is 13.0 Å². The molecule has 1 amide bonds. The summed E-state index contributed by atoms with van der Waals surface area (Å²) >= 11 is 0. The minimum atomic E-state index is -0.628. The fourth-order valence-electron chi connectivity index (χ4n) is 3.22. The fraction of sp³-hybridized carbons (Fsp3) is 0.913. The van der Waals surface area contributed by atoms with Crippen LogP contribution in [0.25, 0.3) is 0 Å². The molecule has 0 aromatic carbocycles. The lowest BCUT2D eigenvalue weighted by Gasteiger charge is -2.19. The lowest BCUT2D eigenvalue weighted by Crippen LogP contribution is -2.43. The number of esters is 1. The van der Waals surface area contributed by atoms with E-state index in [1.165, 1.54) is 64.2 Å². The molecule has 0 aliphatic rings. The van der Waals surface area contributed by atoms with Gasteiger partial charge < -0.3 is 14.8 Å². The zero-order valence-electron chi connectivity index (χ0n) is 18.9. The number of nitrogens with one attached hydrogen (secondary N) is 1. The molecule has 28 heavy (non-hydrogen) atoms. The number of carbonyl (C=O) groups is 2. The quantitative estimate of drug-likeness (QED) is 0.214. The highest BCUT2D eigenvalue weighted by molar-refractivity contribution is 5.81. The van der Waals surface area contributed by atoms with E-state index in [2.05, 4.69) is 12.2 Å². The van der Waals surface area contributed by atoms with E-state index in [4.69, 9.17) is 9.47 Å². The van der Waals surface area contributed by atoms with Crippen molar-refractivity contribution in [2.75, 3.05) is 13.2 Å². The Bertz CT molecular complexity index is 385. The van der Waals surface area contributed by atoms with Gasteiger partial charge in [0.25, 0.3) is 0 Å². The number of hydrogen-bond donors (Lipinski definition) is 1. The van der Waals surface area contributed by atoms with E-state index in [1.54, 1.807) is 6.92 Å². The molecule has 0 aliphatic heterocycles. The van der Waals surface area contributed by atoms with E-state index < -0.39 is 12.1 Å². The van der Waals surface area contributed by atoms with Crippen LogP contribution in [0, 0.1) is 5.92 Å². The average Bonchev–Trinajstić information content (AvgIpc) is 2.64. The summed E-state index contributed by atoms with van der Waals surface area (Å²) in [4.78, 5) is 23.8. The number of rotatable bonds is 18. The molecule has 166 valence electrons. The van der Waals surface area contributed by atoms with Gasteiger partial charge in [-0.25, -0.2) is 9.59 Å². The van der Waals surface area contributed by atoms with E-state index >= 15 is 0 Å². The molecular formula is C23H45NO4. The van der Waals surface area contributed by atoms with Gasteiger partial charge in [-0.3, -0.25) is 0 Å². The summed E-state index contributed by atoms with van der Waals surface area (Å²) in [5.41, 5.74) is 0. The predicted molar refractivity (Wildman–Crippen MR) is 115 cm³/mol. The Morgan fingerprint density at radius 1 is 0.750 bits per heavy atom. The topological polar surface area (TPSA) is 64.6 Å². The lowest BCUT2D eigenvalue weighted by molar-refractivity contribution is -0.146. The van der Waals surface area contributed by atoms with Crippen molar-refractivity contribution in [1.29, 1.82) is 0 Å². The van der Waals surface area contributed by atoms with Crippen LogP contribution >= 0.6 is 0 Å². The smallest absolute Gasteiger partial charge is 0.407 e. The molecule has 0 aromatic rings. The summed E-state index contributed by atoms with van der Waals surface area (Å²) in [6, 6.07) is -0.628. The Labute approximate surface area is 173 Å². The first-order valence-electron chi connectivity index (χ1n) is 11.6. The second-order valence-corrected chi connectivity index (χ2v) is 8.10. The molecule has 0 heterocycles. The molecule has 0 saturated carbocycles. The van der Waals surface area contributed by atoms with Crippen molar-refractivity contribution in [3.63, 3.8) is 0 Å². The first-order valence-corrected chi connectivity index (χ1v) is 11.6. The summed E-state index contributed by atoms with van der Waals surface area (Å²) in [5.74, 6) is -0.0732. The number of alkyl carbamates (subject to hydrolysis) is 1. The number of ether oxygens (including phenoxy) is 2. The van der Waals surface area contributed by atoms with Gasteiger partial charge in [0.2, 0.25) is 0 Å². The average molecular weight is 400 g/mol. The van der Waals surface area contributed by atoms with Crippen molar-refractivity contribution < 1.29 is 19.1 Å². The van der Waals surface area contributed by atoms with Crippen molar-refractivity contribution >= 4 is 12.1 Å². The molecule has 5 heteroatoms. The number of amides is 1. The van der Waals surface area contributed by atoms with Gasteiger partial charge in [-0.1, -0.05) is 91.4 Å². The molecule has 5 nitrogen and oxygen atoms in total. The third-order valence-corrected chi connectivity index (χ3v) is 4.80. The summed E-state index contributed by atoms with van der Waals surface area (Å²) in [7, 11) is 0. The van der Waals surface area contributed by atoms with E-state index in [0.717, 1.165) is 12.8 Å². The first-order chi connectivity index (χ1) is 13.5. The van der Waals surface area contributed by atoms with Crippen LogP contribution in [0.2, 0.25) is 0 Å². The summed E-state index contributed by atoms with van der Waals surface area (Å²) in [6.45, 7) is 8.73. The van der Waals surface area contributed by atoms with Gasteiger partial charge >= 0.3 is 12.1 Å². The highest BCUT2D eigenvalue weighted by atomic mass is 16.6. The maximum atomic E-state index is 12.2. The Morgan fingerprint density at radius 3 is 1.71 bits per heavy atom. The van der Waals surface area contributed by atoms with Crippen molar-refractivity contribution in [2.24, 2.45) is 5.92 Å². The molecule has 0 aromatic heterocycles. The number of carbonyl (C=O) groups excluding carboxylic acids is 2. The lowest BCUT2D eigenvalue weighted by atomic mass is 10.0. The summed E-state index contributed by atoms with van der Waals surface area (Å²) in [5, 5.41) is 2.61. The SMILES string of the molecule is CCCCCCCCCCCCCCOC(=O)[C@H](CC(C)C)NC(=O)OCC. The van der Waals surface area contributed by atoms with E-state index in [9.17, 15) is 9.59 Å². The zero-order chi connectivity index (χ0) is 21.0. The monoisotopic (exact) mass is 399 g/mol. The van der Waals surface area contributed by atoms with Gasteiger partial charge in [0.05, 0.1) is 13.2 Å². The van der Waals surface area contributed by atoms with Crippen LogP contribution in [0.3, 0.4) is 0 Å². The van der Waals surface area contributed by atoms with Crippen molar-refractivity contribution in [1.82, 2.24) is 5.32 Å². The minimum absolute atomic E-state index is 0.283. The molecule has 0 saturated heterocycles. The molecular weight excluding hydrogens is 354 g/mol. The van der Waals surface area contributed by atoms with Gasteiger partial charge in [0, 0.05) is 0 Å². The molecule has 0 aliphatic carbocycles. The van der Waals surface area contributed by atoms with Gasteiger partial charge in [0.15, 0.2) is 0 Å². The zero-order valence-corrected chi connectivity index (χ0v) is 18.9. The van der Waals surface area contributed by atoms with Crippen LogP contribution < -0.4 is 5.32 Å². The van der Waals surface area contributed by atoms with Gasteiger partial charge in [-0.2, -0.15) is 0 Å². The van der Waals surface area contributed by atoms with E-state index in [1.807, 2.05) is 13.8 Å². The van der Waals surface area contributed by atoms with Crippen LogP contribution in [0.15, 0.2) is 0 Å². The Morgan fingerprint density at radius 2 is 1.25 bits per heavy atom. The van der Waals surface area contributed by atoms with E-state index in [-0.39, 0.29) is 18.5 Å².